The summed E-state index contributed by atoms with van der Waals surface area (Å²) in [5.41, 5.74) is 1.05. The van der Waals surface area contributed by atoms with Crippen LogP contribution in [0.2, 0.25) is 10.0 Å². The average Bonchev–Trinajstić information content (AvgIpc) is 2.46. The summed E-state index contributed by atoms with van der Waals surface area (Å²) in [7, 11) is 0. The van der Waals surface area contributed by atoms with E-state index in [1.807, 2.05) is 0 Å². The summed E-state index contributed by atoms with van der Waals surface area (Å²) in [6.45, 7) is 1.89. The molecule has 1 atom stereocenters. The van der Waals surface area contributed by atoms with E-state index in [1.54, 1.807) is 19.1 Å². The zero-order chi connectivity index (χ0) is 16.3. The Bertz CT molecular complexity index is 646. The van der Waals surface area contributed by atoms with Crippen molar-refractivity contribution in [2.75, 3.05) is 12.5 Å². The van der Waals surface area contributed by atoms with Crippen LogP contribution in [0.25, 0.3) is 0 Å². The molecule has 0 spiro atoms. The third kappa shape index (κ3) is 3.48. The van der Waals surface area contributed by atoms with E-state index in [1.165, 1.54) is 6.07 Å². The number of alkyl halides is 1. The number of hydrogen-bond donors (Lipinski definition) is 2. The molecule has 1 heterocycles. The molecular formula is C14H13Cl3N2O3. The van der Waals surface area contributed by atoms with Gasteiger partial charge < -0.3 is 15.4 Å². The van der Waals surface area contributed by atoms with Crippen LogP contribution in [-0.4, -0.2) is 24.5 Å². The molecule has 8 heteroatoms. The second kappa shape index (κ2) is 7.22. The van der Waals surface area contributed by atoms with Crippen LogP contribution in [-0.2, 0) is 9.53 Å². The summed E-state index contributed by atoms with van der Waals surface area (Å²) in [6.07, 6.45) is 0. The summed E-state index contributed by atoms with van der Waals surface area (Å²) in [6, 6.07) is 3.58. The lowest BCUT2D eigenvalue weighted by atomic mass is 9.95. The number of ether oxygens (including phenoxy) is 1. The Morgan fingerprint density at radius 2 is 2.09 bits per heavy atom. The van der Waals surface area contributed by atoms with E-state index in [0.29, 0.717) is 21.3 Å². The van der Waals surface area contributed by atoms with Crippen LogP contribution in [0.3, 0.4) is 0 Å². The van der Waals surface area contributed by atoms with Crippen LogP contribution in [0, 0.1) is 0 Å². The van der Waals surface area contributed by atoms with Crippen molar-refractivity contribution < 1.29 is 14.3 Å². The van der Waals surface area contributed by atoms with Crippen LogP contribution in [0.4, 0.5) is 4.79 Å². The fourth-order valence-corrected chi connectivity index (χ4v) is 2.87. The molecule has 1 aliphatic heterocycles. The van der Waals surface area contributed by atoms with Crippen molar-refractivity contribution in [3.05, 3.63) is 45.1 Å². The fraction of sp³-hybridized carbons (Fsp3) is 0.286. The topological polar surface area (TPSA) is 67.4 Å². The highest BCUT2D eigenvalue weighted by molar-refractivity contribution is 6.35. The van der Waals surface area contributed by atoms with Crippen LogP contribution < -0.4 is 10.6 Å². The molecule has 0 fully saturated rings. The number of urea groups is 1. The van der Waals surface area contributed by atoms with Gasteiger partial charge in [-0.05, 0) is 24.6 Å². The number of halogens is 3. The average molecular weight is 364 g/mol. The highest BCUT2D eigenvalue weighted by atomic mass is 35.5. The van der Waals surface area contributed by atoms with Crippen molar-refractivity contribution in [1.82, 2.24) is 10.6 Å². The van der Waals surface area contributed by atoms with Crippen LogP contribution in [0.1, 0.15) is 18.5 Å². The molecule has 2 amide bonds. The molecule has 0 aliphatic carbocycles. The molecular weight excluding hydrogens is 351 g/mol. The minimum Gasteiger partial charge on any atom is -0.463 e. The Morgan fingerprint density at radius 3 is 2.68 bits per heavy atom. The van der Waals surface area contributed by atoms with Gasteiger partial charge in [0.2, 0.25) is 0 Å². The SMILES string of the molecule is CCOC(=O)C1=C(CCl)NC(=O)N[C@@H]1c1ccc(Cl)cc1Cl. The Morgan fingerprint density at radius 1 is 1.36 bits per heavy atom. The largest absolute Gasteiger partial charge is 0.463 e. The molecule has 0 saturated heterocycles. The smallest absolute Gasteiger partial charge is 0.338 e. The molecule has 1 aliphatic rings. The Hall–Kier alpha value is -1.43. The molecule has 0 saturated carbocycles. The minimum atomic E-state index is -0.758. The first kappa shape index (κ1) is 16.9. The van der Waals surface area contributed by atoms with Crippen molar-refractivity contribution in [3.8, 4) is 0 Å². The van der Waals surface area contributed by atoms with Gasteiger partial charge in [-0.1, -0.05) is 29.3 Å². The lowest BCUT2D eigenvalue weighted by Crippen LogP contribution is -2.46. The van der Waals surface area contributed by atoms with Gasteiger partial charge >= 0.3 is 12.0 Å². The van der Waals surface area contributed by atoms with E-state index in [9.17, 15) is 9.59 Å². The van der Waals surface area contributed by atoms with Crippen molar-refractivity contribution in [3.63, 3.8) is 0 Å². The first-order valence-electron chi connectivity index (χ1n) is 6.46. The summed E-state index contributed by atoms with van der Waals surface area (Å²) < 4.78 is 5.05. The molecule has 22 heavy (non-hydrogen) atoms. The van der Waals surface area contributed by atoms with Gasteiger partial charge in [-0.3, -0.25) is 0 Å². The Kier molecular flexibility index (Phi) is 5.56. The summed E-state index contributed by atoms with van der Waals surface area (Å²) in [4.78, 5) is 24.0. The number of hydrogen-bond acceptors (Lipinski definition) is 3. The summed E-state index contributed by atoms with van der Waals surface area (Å²) in [5.74, 6) is -0.606. The lowest BCUT2D eigenvalue weighted by molar-refractivity contribution is -0.139. The van der Waals surface area contributed by atoms with Gasteiger partial charge in [0.1, 0.15) is 0 Å². The number of carbonyl (C=O) groups excluding carboxylic acids is 2. The quantitative estimate of drug-likeness (QED) is 0.636. The molecule has 1 aromatic carbocycles. The standard InChI is InChI=1S/C14H13Cl3N2O3/c1-2-22-13(20)11-10(6-15)18-14(21)19-12(11)8-4-3-7(16)5-9(8)17/h3-5,12H,2,6H2,1H3,(H2,18,19,21)/t12-/m1/s1. The van der Waals surface area contributed by atoms with Crippen LogP contribution in [0.15, 0.2) is 29.5 Å². The van der Waals surface area contributed by atoms with Gasteiger partial charge in [-0.2, -0.15) is 0 Å². The maximum atomic E-state index is 12.2. The summed E-state index contributed by atoms with van der Waals surface area (Å²) >= 11 is 17.9. The molecule has 0 bridgehead atoms. The molecule has 2 rings (SSSR count). The van der Waals surface area contributed by atoms with Crippen LogP contribution >= 0.6 is 34.8 Å². The van der Waals surface area contributed by atoms with Crippen molar-refractivity contribution >= 4 is 46.8 Å². The molecule has 5 nitrogen and oxygen atoms in total. The van der Waals surface area contributed by atoms with Gasteiger partial charge in [0, 0.05) is 15.7 Å². The highest BCUT2D eigenvalue weighted by Crippen LogP contribution is 2.33. The Labute approximate surface area is 142 Å². The maximum Gasteiger partial charge on any atom is 0.338 e. The molecule has 0 unspecified atom stereocenters. The molecule has 0 radical (unpaired) electrons. The number of amides is 2. The first-order chi connectivity index (χ1) is 10.5. The third-order valence-corrected chi connectivity index (χ3v) is 3.89. The number of nitrogens with one attached hydrogen (secondary N) is 2. The number of esters is 1. The molecule has 2 N–H and O–H groups in total. The van der Waals surface area contributed by atoms with E-state index in [2.05, 4.69) is 10.6 Å². The molecule has 0 aromatic heterocycles. The zero-order valence-electron chi connectivity index (χ0n) is 11.6. The maximum absolute atomic E-state index is 12.2. The van der Waals surface area contributed by atoms with Gasteiger partial charge in [0.15, 0.2) is 0 Å². The third-order valence-electron chi connectivity index (χ3n) is 3.06. The molecule has 1 aromatic rings. The van der Waals surface area contributed by atoms with Gasteiger partial charge in [0.25, 0.3) is 0 Å². The minimum absolute atomic E-state index is 0.0384. The van der Waals surface area contributed by atoms with Crippen LogP contribution in [0.5, 0.6) is 0 Å². The normalized spacial score (nSPS) is 17.8. The monoisotopic (exact) mass is 362 g/mol. The van der Waals surface area contributed by atoms with Crippen molar-refractivity contribution in [1.29, 1.82) is 0 Å². The molecule has 118 valence electrons. The van der Waals surface area contributed by atoms with Gasteiger partial charge in [-0.15, -0.1) is 11.6 Å². The number of carbonyl (C=O) groups is 2. The second-order valence-electron chi connectivity index (χ2n) is 4.44. The zero-order valence-corrected chi connectivity index (χ0v) is 13.9. The number of benzene rings is 1. The predicted molar refractivity (Wildman–Crippen MR) is 85.2 cm³/mol. The second-order valence-corrected chi connectivity index (χ2v) is 5.55. The van der Waals surface area contributed by atoms with E-state index in [-0.39, 0.29) is 18.1 Å². The first-order valence-corrected chi connectivity index (χ1v) is 7.75. The van der Waals surface area contributed by atoms with E-state index in [4.69, 9.17) is 39.5 Å². The Balaban J connectivity index is 2.54. The van der Waals surface area contributed by atoms with Gasteiger partial charge in [0.05, 0.1) is 24.1 Å². The predicted octanol–water partition coefficient (Wildman–Crippen LogP) is 3.40. The van der Waals surface area contributed by atoms with E-state index >= 15 is 0 Å². The van der Waals surface area contributed by atoms with E-state index in [0.717, 1.165) is 0 Å². The lowest BCUT2D eigenvalue weighted by Gasteiger charge is -2.29. The number of rotatable bonds is 4. The van der Waals surface area contributed by atoms with Crippen molar-refractivity contribution in [2.45, 2.75) is 13.0 Å². The highest BCUT2D eigenvalue weighted by Gasteiger charge is 2.34. The summed E-state index contributed by atoms with van der Waals surface area (Å²) in [5, 5.41) is 5.95. The van der Waals surface area contributed by atoms with Crippen molar-refractivity contribution in [2.24, 2.45) is 0 Å². The van der Waals surface area contributed by atoms with Gasteiger partial charge in [-0.25, -0.2) is 9.59 Å². The van der Waals surface area contributed by atoms with E-state index < -0.39 is 18.0 Å². The fourth-order valence-electron chi connectivity index (χ4n) is 2.14. The number of allylic oxidation sites excluding steroid dienone is 1.